The molecular formula is C17H19N3O2. The monoisotopic (exact) mass is 297 g/mol. The number of carbonyl (C=O) groups is 1. The van der Waals surface area contributed by atoms with Crippen LogP contribution in [0, 0.1) is 6.92 Å². The SMILES string of the molecule is Cc1cccc(C(=O)NN=Cc2ccc(N(C)C)cc2)c1O. The zero-order valence-corrected chi connectivity index (χ0v) is 12.9. The first-order valence-electron chi connectivity index (χ1n) is 6.88. The molecule has 1 amide bonds. The number of phenols is 1. The van der Waals surface area contributed by atoms with Crippen LogP contribution >= 0.6 is 0 Å². The van der Waals surface area contributed by atoms with Gasteiger partial charge in [0.05, 0.1) is 11.8 Å². The second kappa shape index (κ2) is 6.76. The number of phenolic OH excluding ortho intramolecular Hbond substituents is 1. The lowest BCUT2D eigenvalue weighted by Gasteiger charge is -2.11. The number of nitrogens with one attached hydrogen (secondary N) is 1. The van der Waals surface area contributed by atoms with Crippen LogP contribution in [0.1, 0.15) is 21.5 Å². The molecule has 0 radical (unpaired) electrons. The minimum atomic E-state index is -0.442. The van der Waals surface area contributed by atoms with Crippen LogP contribution in [-0.4, -0.2) is 31.3 Å². The van der Waals surface area contributed by atoms with Crippen LogP contribution in [0.2, 0.25) is 0 Å². The second-order valence-corrected chi connectivity index (χ2v) is 5.16. The molecule has 0 fully saturated rings. The Kier molecular flexibility index (Phi) is 4.78. The largest absolute Gasteiger partial charge is 0.507 e. The van der Waals surface area contributed by atoms with Gasteiger partial charge in [0.2, 0.25) is 0 Å². The zero-order valence-electron chi connectivity index (χ0n) is 12.9. The highest BCUT2D eigenvalue weighted by molar-refractivity contribution is 5.97. The van der Waals surface area contributed by atoms with Gasteiger partial charge in [-0.2, -0.15) is 5.10 Å². The highest BCUT2D eigenvalue weighted by Crippen LogP contribution is 2.21. The van der Waals surface area contributed by atoms with Crippen molar-refractivity contribution in [2.75, 3.05) is 19.0 Å². The Balaban J connectivity index is 2.02. The fraction of sp³-hybridized carbons (Fsp3) is 0.176. The van der Waals surface area contributed by atoms with Crippen LogP contribution in [0.25, 0.3) is 0 Å². The number of nitrogens with zero attached hydrogens (tertiary/aromatic N) is 2. The zero-order chi connectivity index (χ0) is 16.1. The number of hydrazone groups is 1. The van der Waals surface area contributed by atoms with E-state index in [1.54, 1.807) is 31.3 Å². The van der Waals surface area contributed by atoms with Gasteiger partial charge in [-0.05, 0) is 36.2 Å². The van der Waals surface area contributed by atoms with Crippen molar-refractivity contribution in [1.82, 2.24) is 5.43 Å². The molecule has 5 heteroatoms. The summed E-state index contributed by atoms with van der Waals surface area (Å²) in [5.74, 6) is -0.465. The summed E-state index contributed by atoms with van der Waals surface area (Å²) in [7, 11) is 3.94. The van der Waals surface area contributed by atoms with E-state index in [1.807, 2.05) is 43.3 Å². The van der Waals surface area contributed by atoms with E-state index in [-0.39, 0.29) is 11.3 Å². The number of aromatic hydroxyl groups is 1. The van der Waals surface area contributed by atoms with Crippen LogP contribution in [-0.2, 0) is 0 Å². The molecule has 0 aromatic heterocycles. The molecule has 2 aromatic carbocycles. The van der Waals surface area contributed by atoms with Crippen molar-refractivity contribution in [3.63, 3.8) is 0 Å². The second-order valence-electron chi connectivity index (χ2n) is 5.16. The molecule has 0 unspecified atom stereocenters. The third kappa shape index (κ3) is 3.63. The lowest BCUT2D eigenvalue weighted by molar-refractivity contribution is 0.0952. The lowest BCUT2D eigenvalue weighted by Crippen LogP contribution is -2.17. The molecule has 0 aliphatic rings. The Morgan fingerprint density at radius 1 is 1.18 bits per heavy atom. The summed E-state index contributed by atoms with van der Waals surface area (Å²) in [5.41, 5.74) is 5.23. The van der Waals surface area contributed by atoms with Crippen molar-refractivity contribution in [3.8, 4) is 5.75 Å². The van der Waals surface area contributed by atoms with E-state index in [0.717, 1.165) is 11.3 Å². The number of aryl methyl sites for hydroxylation is 1. The highest BCUT2D eigenvalue weighted by atomic mass is 16.3. The van der Waals surface area contributed by atoms with Crippen molar-refractivity contribution in [1.29, 1.82) is 0 Å². The van der Waals surface area contributed by atoms with Crippen LogP contribution < -0.4 is 10.3 Å². The van der Waals surface area contributed by atoms with E-state index in [0.29, 0.717) is 5.56 Å². The van der Waals surface area contributed by atoms with E-state index in [9.17, 15) is 9.90 Å². The Bertz CT molecular complexity index is 692. The fourth-order valence-electron chi connectivity index (χ4n) is 1.93. The molecule has 2 aromatic rings. The van der Waals surface area contributed by atoms with E-state index in [4.69, 9.17) is 0 Å². The summed E-state index contributed by atoms with van der Waals surface area (Å²) in [6.45, 7) is 1.74. The van der Waals surface area contributed by atoms with E-state index < -0.39 is 5.91 Å². The Labute approximate surface area is 129 Å². The van der Waals surface area contributed by atoms with Crippen LogP contribution in [0.5, 0.6) is 5.75 Å². The molecule has 0 heterocycles. The number of benzene rings is 2. The molecule has 0 spiro atoms. The number of amides is 1. The Morgan fingerprint density at radius 3 is 2.50 bits per heavy atom. The van der Waals surface area contributed by atoms with Crippen molar-refractivity contribution >= 4 is 17.8 Å². The predicted molar refractivity (Wildman–Crippen MR) is 88.7 cm³/mol. The first kappa shape index (κ1) is 15.6. The average molecular weight is 297 g/mol. The number of anilines is 1. The van der Waals surface area contributed by atoms with Gasteiger partial charge in [0, 0.05) is 19.8 Å². The molecule has 2 N–H and O–H groups in total. The lowest BCUT2D eigenvalue weighted by atomic mass is 10.1. The molecule has 5 nitrogen and oxygen atoms in total. The molecule has 0 bridgehead atoms. The van der Waals surface area contributed by atoms with Gasteiger partial charge < -0.3 is 10.0 Å². The summed E-state index contributed by atoms with van der Waals surface area (Å²) in [6.07, 6.45) is 1.56. The molecule has 22 heavy (non-hydrogen) atoms. The number of para-hydroxylation sites is 1. The Morgan fingerprint density at radius 2 is 1.86 bits per heavy atom. The maximum absolute atomic E-state index is 12.0. The third-order valence-electron chi connectivity index (χ3n) is 3.27. The molecule has 0 aliphatic carbocycles. The van der Waals surface area contributed by atoms with Crippen molar-refractivity contribution in [2.45, 2.75) is 6.92 Å². The summed E-state index contributed by atoms with van der Waals surface area (Å²) in [5, 5.41) is 13.8. The van der Waals surface area contributed by atoms with Crippen LogP contribution in [0.15, 0.2) is 47.6 Å². The van der Waals surface area contributed by atoms with Crippen molar-refractivity contribution < 1.29 is 9.90 Å². The van der Waals surface area contributed by atoms with Gasteiger partial charge in [-0.25, -0.2) is 5.43 Å². The molecule has 0 saturated heterocycles. The molecule has 114 valence electrons. The predicted octanol–water partition coefficient (Wildman–Crippen LogP) is 2.53. The Hall–Kier alpha value is -2.82. The summed E-state index contributed by atoms with van der Waals surface area (Å²) >= 11 is 0. The minimum absolute atomic E-state index is 0.0227. The van der Waals surface area contributed by atoms with Crippen LogP contribution in [0.4, 0.5) is 5.69 Å². The van der Waals surface area contributed by atoms with Gasteiger partial charge in [0.25, 0.3) is 5.91 Å². The molecule has 0 atom stereocenters. The molecule has 2 rings (SSSR count). The highest BCUT2D eigenvalue weighted by Gasteiger charge is 2.11. The summed E-state index contributed by atoms with van der Waals surface area (Å²) in [4.78, 5) is 14.0. The van der Waals surface area contributed by atoms with E-state index in [2.05, 4.69) is 10.5 Å². The first-order valence-corrected chi connectivity index (χ1v) is 6.88. The van der Waals surface area contributed by atoms with E-state index >= 15 is 0 Å². The number of rotatable bonds is 4. The normalized spacial score (nSPS) is 10.7. The van der Waals surface area contributed by atoms with Crippen molar-refractivity contribution in [2.24, 2.45) is 5.10 Å². The number of hydrogen-bond donors (Lipinski definition) is 2. The summed E-state index contributed by atoms with van der Waals surface area (Å²) in [6, 6.07) is 12.8. The molecule has 0 saturated carbocycles. The smallest absolute Gasteiger partial charge is 0.275 e. The van der Waals surface area contributed by atoms with Crippen LogP contribution in [0.3, 0.4) is 0 Å². The number of carbonyl (C=O) groups excluding carboxylic acids is 1. The standard InChI is InChI=1S/C17H19N3O2/c1-12-5-4-6-15(16(12)21)17(22)19-18-11-13-7-9-14(10-8-13)20(2)3/h4-11,21H,1-3H3,(H,19,22). The molecule has 0 aliphatic heterocycles. The average Bonchev–Trinajstić information content (AvgIpc) is 2.50. The quantitative estimate of drug-likeness (QED) is 0.673. The number of hydrogen-bond acceptors (Lipinski definition) is 4. The van der Waals surface area contributed by atoms with Crippen molar-refractivity contribution in [3.05, 3.63) is 59.2 Å². The molecular weight excluding hydrogens is 278 g/mol. The maximum atomic E-state index is 12.0. The minimum Gasteiger partial charge on any atom is -0.507 e. The van der Waals surface area contributed by atoms with E-state index in [1.165, 1.54) is 0 Å². The van der Waals surface area contributed by atoms with Gasteiger partial charge in [-0.15, -0.1) is 0 Å². The maximum Gasteiger partial charge on any atom is 0.275 e. The fourth-order valence-corrected chi connectivity index (χ4v) is 1.93. The van der Waals surface area contributed by atoms with Gasteiger partial charge in [0.1, 0.15) is 5.75 Å². The third-order valence-corrected chi connectivity index (χ3v) is 3.27. The first-order chi connectivity index (χ1) is 10.5. The topological polar surface area (TPSA) is 64.9 Å². The van der Waals surface area contributed by atoms with Gasteiger partial charge in [0.15, 0.2) is 0 Å². The van der Waals surface area contributed by atoms with Gasteiger partial charge in [-0.3, -0.25) is 4.79 Å². The van der Waals surface area contributed by atoms with Gasteiger partial charge in [-0.1, -0.05) is 24.3 Å². The van der Waals surface area contributed by atoms with Gasteiger partial charge >= 0.3 is 0 Å². The summed E-state index contributed by atoms with van der Waals surface area (Å²) < 4.78 is 0.